The molecule has 140 valence electrons. The minimum Gasteiger partial charge on any atom is -0.338 e. The zero-order valence-electron chi connectivity index (χ0n) is 15.3. The van der Waals surface area contributed by atoms with Crippen LogP contribution in [0.15, 0.2) is 6.20 Å². The number of hydrogen-bond acceptors (Lipinski definition) is 5. The van der Waals surface area contributed by atoms with Crippen molar-refractivity contribution in [2.24, 2.45) is 7.05 Å². The Bertz CT molecular complexity index is 743. The number of carbonyl (C=O) groups is 1. The Morgan fingerprint density at radius 3 is 2.80 bits per heavy atom. The van der Waals surface area contributed by atoms with Crippen molar-refractivity contribution in [3.63, 3.8) is 0 Å². The summed E-state index contributed by atoms with van der Waals surface area (Å²) in [7, 11) is 0.951. The van der Waals surface area contributed by atoms with Gasteiger partial charge in [-0.25, -0.2) is 8.42 Å². The van der Waals surface area contributed by atoms with Gasteiger partial charge in [-0.05, 0) is 39.7 Å². The third kappa shape index (κ3) is 3.74. The van der Waals surface area contributed by atoms with E-state index in [9.17, 15) is 13.2 Å². The quantitative estimate of drug-likeness (QED) is 0.767. The lowest BCUT2D eigenvalue weighted by molar-refractivity contribution is -0.134. The second kappa shape index (κ2) is 7.07. The lowest BCUT2D eigenvalue weighted by atomic mass is 9.92. The van der Waals surface area contributed by atoms with E-state index in [0.717, 1.165) is 19.3 Å². The first-order valence-corrected chi connectivity index (χ1v) is 10.9. The number of aromatic nitrogens is 2. The van der Waals surface area contributed by atoms with Crippen molar-refractivity contribution in [2.75, 3.05) is 31.6 Å². The van der Waals surface area contributed by atoms with Crippen molar-refractivity contribution in [3.8, 4) is 0 Å². The fraction of sp³-hybridized carbons (Fsp3) is 0.765. The van der Waals surface area contributed by atoms with Crippen molar-refractivity contribution >= 4 is 15.7 Å². The SMILES string of the molecule is CCN(C(=O)CN(C)[C@@H]1CCCc2c1cnn2C)[C@H]1CCS(=O)(=O)C1. The highest BCUT2D eigenvalue weighted by molar-refractivity contribution is 7.91. The van der Waals surface area contributed by atoms with E-state index >= 15 is 0 Å². The zero-order chi connectivity index (χ0) is 18.2. The average molecular weight is 369 g/mol. The lowest BCUT2D eigenvalue weighted by Gasteiger charge is -2.34. The molecule has 0 unspecified atom stereocenters. The molecule has 7 nitrogen and oxygen atoms in total. The number of nitrogens with zero attached hydrogens (tertiary/aromatic N) is 4. The highest BCUT2D eigenvalue weighted by Gasteiger charge is 2.35. The summed E-state index contributed by atoms with van der Waals surface area (Å²) < 4.78 is 25.4. The van der Waals surface area contributed by atoms with Gasteiger partial charge >= 0.3 is 0 Å². The summed E-state index contributed by atoms with van der Waals surface area (Å²) in [6.07, 6.45) is 5.62. The molecule has 1 fully saturated rings. The van der Waals surface area contributed by atoms with Crippen molar-refractivity contribution in [2.45, 2.75) is 44.7 Å². The molecule has 0 aromatic carbocycles. The van der Waals surface area contributed by atoms with Crippen LogP contribution >= 0.6 is 0 Å². The second-order valence-corrected chi connectivity index (χ2v) is 9.46. The molecular weight excluding hydrogens is 340 g/mol. The first-order chi connectivity index (χ1) is 11.8. The molecule has 0 N–H and O–H groups in total. The van der Waals surface area contributed by atoms with Crippen molar-refractivity contribution < 1.29 is 13.2 Å². The summed E-state index contributed by atoms with van der Waals surface area (Å²) in [4.78, 5) is 16.6. The number of amides is 1. The van der Waals surface area contributed by atoms with Crippen LogP contribution in [0.2, 0.25) is 0 Å². The molecule has 0 radical (unpaired) electrons. The van der Waals surface area contributed by atoms with E-state index in [1.807, 2.05) is 31.9 Å². The molecule has 1 aromatic rings. The van der Waals surface area contributed by atoms with Gasteiger partial charge in [-0.1, -0.05) is 0 Å². The molecule has 3 rings (SSSR count). The number of sulfone groups is 1. The van der Waals surface area contributed by atoms with Gasteiger partial charge in [-0.3, -0.25) is 14.4 Å². The van der Waals surface area contributed by atoms with Gasteiger partial charge in [0.2, 0.25) is 5.91 Å². The van der Waals surface area contributed by atoms with Crippen molar-refractivity contribution in [3.05, 3.63) is 17.5 Å². The van der Waals surface area contributed by atoms with E-state index < -0.39 is 9.84 Å². The number of rotatable bonds is 5. The summed E-state index contributed by atoms with van der Waals surface area (Å²) in [5.74, 6) is 0.314. The average Bonchev–Trinajstić information content (AvgIpc) is 3.11. The van der Waals surface area contributed by atoms with Gasteiger partial charge in [0.15, 0.2) is 9.84 Å². The summed E-state index contributed by atoms with van der Waals surface area (Å²) in [6, 6.07) is 0.0311. The third-order valence-electron chi connectivity index (χ3n) is 5.57. The molecule has 25 heavy (non-hydrogen) atoms. The molecule has 0 saturated carbocycles. The maximum atomic E-state index is 12.8. The lowest BCUT2D eigenvalue weighted by Crippen LogP contribution is -2.46. The van der Waals surface area contributed by atoms with Gasteiger partial charge in [-0.2, -0.15) is 5.10 Å². The maximum Gasteiger partial charge on any atom is 0.237 e. The molecule has 2 heterocycles. The van der Waals surface area contributed by atoms with E-state index in [1.165, 1.54) is 11.3 Å². The minimum absolute atomic E-state index is 0.0168. The summed E-state index contributed by atoms with van der Waals surface area (Å²) in [5, 5.41) is 4.37. The molecular formula is C17H28N4O3S. The number of carbonyl (C=O) groups excluding carboxylic acids is 1. The van der Waals surface area contributed by atoms with Crippen LogP contribution in [0.5, 0.6) is 0 Å². The van der Waals surface area contributed by atoms with Gasteiger partial charge in [0.25, 0.3) is 0 Å². The summed E-state index contributed by atoms with van der Waals surface area (Å²) >= 11 is 0. The Labute approximate surface area is 149 Å². The largest absolute Gasteiger partial charge is 0.338 e. The van der Waals surface area contributed by atoms with Crippen LogP contribution < -0.4 is 0 Å². The predicted octanol–water partition coefficient (Wildman–Crippen LogP) is 0.765. The van der Waals surface area contributed by atoms with Crippen LogP contribution in [-0.2, 0) is 28.1 Å². The third-order valence-corrected chi connectivity index (χ3v) is 7.32. The Morgan fingerprint density at radius 2 is 2.16 bits per heavy atom. The van der Waals surface area contributed by atoms with Crippen LogP contribution in [-0.4, -0.2) is 71.6 Å². The first kappa shape index (κ1) is 18.4. The molecule has 0 bridgehead atoms. The Hall–Kier alpha value is -1.41. The molecule has 1 aliphatic carbocycles. The highest BCUT2D eigenvalue weighted by atomic mass is 32.2. The monoisotopic (exact) mass is 368 g/mol. The highest BCUT2D eigenvalue weighted by Crippen LogP contribution is 2.33. The van der Waals surface area contributed by atoms with Gasteiger partial charge in [0.1, 0.15) is 0 Å². The standard InChI is InChI=1S/C17H28N4O3S/c1-4-21(13-8-9-25(23,24)12-13)17(22)11-19(2)15-6-5-7-16-14(15)10-18-20(16)3/h10,13,15H,4-9,11-12H2,1-3H3/t13-,15+/m0/s1. The summed E-state index contributed by atoms with van der Waals surface area (Å²) in [6.45, 7) is 2.78. The molecule has 1 aromatic heterocycles. The minimum atomic E-state index is -2.99. The van der Waals surface area contributed by atoms with Gasteiger partial charge < -0.3 is 4.90 Å². The van der Waals surface area contributed by atoms with Crippen LogP contribution in [0.4, 0.5) is 0 Å². The Kier molecular flexibility index (Phi) is 5.20. The molecule has 2 aliphatic rings. The normalized spacial score (nSPS) is 25.1. The number of aryl methyl sites for hydroxylation is 1. The topological polar surface area (TPSA) is 75.5 Å². The number of fused-ring (bicyclic) bond motifs is 1. The van der Waals surface area contributed by atoms with E-state index in [1.54, 1.807) is 4.90 Å². The molecule has 2 atom stereocenters. The van der Waals surface area contributed by atoms with Gasteiger partial charge in [0.05, 0.1) is 24.2 Å². The predicted molar refractivity (Wildman–Crippen MR) is 96.0 cm³/mol. The molecule has 0 spiro atoms. The fourth-order valence-corrected chi connectivity index (χ4v) is 5.94. The molecule has 1 saturated heterocycles. The Balaban J connectivity index is 1.68. The van der Waals surface area contributed by atoms with Crippen LogP contribution in [0.3, 0.4) is 0 Å². The Morgan fingerprint density at radius 1 is 1.40 bits per heavy atom. The molecule has 1 aliphatic heterocycles. The second-order valence-electron chi connectivity index (χ2n) is 7.23. The number of likely N-dealkylation sites (N-methyl/N-ethyl adjacent to an activating group) is 2. The molecule has 1 amide bonds. The van der Waals surface area contributed by atoms with Crippen LogP contribution in [0.1, 0.15) is 43.5 Å². The summed E-state index contributed by atoms with van der Waals surface area (Å²) in [5.41, 5.74) is 2.47. The van der Waals surface area contributed by atoms with Crippen LogP contribution in [0.25, 0.3) is 0 Å². The van der Waals surface area contributed by atoms with E-state index in [4.69, 9.17) is 0 Å². The van der Waals surface area contributed by atoms with Crippen molar-refractivity contribution in [1.29, 1.82) is 0 Å². The number of hydrogen-bond donors (Lipinski definition) is 0. The van der Waals surface area contributed by atoms with E-state index in [0.29, 0.717) is 19.5 Å². The van der Waals surface area contributed by atoms with Crippen molar-refractivity contribution in [1.82, 2.24) is 19.6 Å². The van der Waals surface area contributed by atoms with Gasteiger partial charge in [0, 0.05) is 36.9 Å². The smallest absolute Gasteiger partial charge is 0.237 e. The van der Waals surface area contributed by atoms with Crippen LogP contribution in [0, 0.1) is 0 Å². The fourth-order valence-electron chi connectivity index (χ4n) is 4.21. The van der Waals surface area contributed by atoms with E-state index in [-0.39, 0.29) is 29.5 Å². The van der Waals surface area contributed by atoms with E-state index in [2.05, 4.69) is 10.00 Å². The zero-order valence-corrected chi connectivity index (χ0v) is 16.1. The van der Waals surface area contributed by atoms with Gasteiger partial charge in [-0.15, -0.1) is 0 Å². The maximum absolute atomic E-state index is 12.8. The first-order valence-electron chi connectivity index (χ1n) is 9.03. The molecule has 8 heteroatoms.